The van der Waals surface area contributed by atoms with Gasteiger partial charge < -0.3 is 19.3 Å². The maximum Gasteiger partial charge on any atom is 0.269 e. The van der Waals surface area contributed by atoms with Crippen molar-refractivity contribution in [2.24, 2.45) is 5.10 Å². The molecule has 170 valence electrons. The van der Waals surface area contributed by atoms with Crippen LogP contribution in [0.15, 0.2) is 32.6 Å². The first-order chi connectivity index (χ1) is 15.3. The quantitative estimate of drug-likeness (QED) is 0.400. The van der Waals surface area contributed by atoms with E-state index >= 15 is 0 Å². The minimum Gasteiger partial charge on any atom is -0.507 e. The van der Waals surface area contributed by atoms with E-state index in [0.29, 0.717) is 21.3 Å². The van der Waals surface area contributed by atoms with Gasteiger partial charge in [-0.25, -0.2) is 5.43 Å². The molecule has 1 heterocycles. The van der Waals surface area contributed by atoms with Crippen LogP contribution in [-0.2, 0) is 22.7 Å². The summed E-state index contributed by atoms with van der Waals surface area (Å²) in [6, 6.07) is 7.10. The number of aromatic hydroxyl groups is 1. The Morgan fingerprint density at radius 3 is 2.66 bits per heavy atom. The number of methoxy groups -OCH3 is 1. The first-order valence-corrected chi connectivity index (χ1v) is 10.8. The molecular formula is C22H26BrN5O4. The fourth-order valence-corrected chi connectivity index (χ4v) is 3.75. The third-order valence-corrected chi connectivity index (χ3v) is 6.04. The molecule has 0 aliphatic carbocycles. The van der Waals surface area contributed by atoms with E-state index in [0.717, 1.165) is 18.8 Å². The molecule has 10 heteroatoms. The molecule has 0 radical (unpaired) electrons. The summed E-state index contributed by atoms with van der Waals surface area (Å²) in [6.07, 6.45) is 1.33. The largest absolute Gasteiger partial charge is 0.507 e. The number of hydrazone groups is 1. The van der Waals surface area contributed by atoms with Gasteiger partial charge in [-0.15, -0.1) is 0 Å². The topological polar surface area (TPSA) is 120 Å². The zero-order valence-corrected chi connectivity index (χ0v) is 20.1. The second kappa shape index (κ2) is 11.5. The third-order valence-electron chi connectivity index (χ3n) is 4.99. The summed E-state index contributed by atoms with van der Waals surface area (Å²) in [5.74, 6) is -0.517. The van der Waals surface area contributed by atoms with E-state index in [1.54, 1.807) is 19.1 Å². The molecule has 1 aromatic carbocycles. The first kappa shape index (κ1) is 25.1. The number of amides is 1. The van der Waals surface area contributed by atoms with Crippen molar-refractivity contribution in [1.29, 1.82) is 5.26 Å². The number of phenols is 1. The fraction of sp³-hybridized carbons (Fsp3) is 0.364. The SMILES string of the molecule is CCN(CC)c1ccc(C=NNC(=O)Cn2c(C)c(Br)c(COC)c(C#N)c2=O)c(O)c1. The highest BCUT2D eigenvalue weighted by Crippen LogP contribution is 2.24. The van der Waals surface area contributed by atoms with Gasteiger partial charge in [0.25, 0.3) is 11.5 Å². The van der Waals surface area contributed by atoms with Gasteiger partial charge in [0, 0.05) is 53.2 Å². The van der Waals surface area contributed by atoms with Crippen LogP contribution in [0.4, 0.5) is 5.69 Å². The van der Waals surface area contributed by atoms with Crippen molar-refractivity contribution >= 4 is 33.7 Å². The first-order valence-electron chi connectivity index (χ1n) is 9.99. The number of anilines is 1. The van der Waals surface area contributed by atoms with Crippen LogP contribution in [0.25, 0.3) is 0 Å². The fourth-order valence-electron chi connectivity index (χ4n) is 3.23. The Morgan fingerprint density at radius 1 is 1.41 bits per heavy atom. The number of nitrogens with one attached hydrogen (secondary N) is 1. The number of ether oxygens (including phenoxy) is 1. The Kier molecular flexibility index (Phi) is 8.99. The number of carbonyl (C=O) groups excluding carboxylic acids is 1. The summed E-state index contributed by atoms with van der Waals surface area (Å²) < 4.78 is 6.80. The molecule has 0 aliphatic heterocycles. The normalized spacial score (nSPS) is 10.9. The van der Waals surface area contributed by atoms with Gasteiger partial charge in [0.15, 0.2) is 0 Å². The lowest BCUT2D eigenvalue weighted by Gasteiger charge is -2.21. The summed E-state index contributed by atoms with van der Waals surface area (Å²) in [5.41, 5.74) is 3.94. The number of halogens is 1. The van der Waals surface area contributed by atoms with Crippen molar-refractivity contribution in [3.63, 3.8) is 0 Å². The number of hydrogen-bond acceptors (Lipinski definition) is 7. The second-order valence-electron chi connectivity index (χ2n) is 6.90. The van der Waals surface area contributed by atoms with E-state index in [9.17, 15) is 20.0 Å². The molecule has 0 fully saturated rings. The number of nitriles is 1. The molecule has 2 N–H and O–H groups in total. The monoisotopic (exact) mass is 503 g/mol. The third kappa shape index (κ3) is 5.55. The standard InChI is InChI=1S/C22H26BrN5O4/c1-5-27(6-2)16-8-7-15(19(29)9-16)11-25-26-20(30)12-28-14(3)21(23)18(13-32-4)17(10-24)22(28)31/h7-9,11,29H,5-6,12-13H2,1-4H3,(H,26,30). The summed E-state index contributed by atoms with van der Waals surface area (Å²) in [6.45, 7) is 7.12. The van der Waals surface area contributed by atoms with Crippen LogP contribution in [0.1, 0.15) is 36.2 Å². The molecule has 9 nitrogen and oxygen atoms in total. The number of aromatic nitrogens is 1. The summed E-state index contributed by atoms with van der Waals surface area (Å²) in [7, 11) is 1.47. The van der Waals surface area contributed by atoms with Crippen LogP contribution < -0.4 is 15.9 Å². The Hall–Kier alpha value is -3.16. The molecule has 2 aromatic rings. The van der Waals surface area contributed by atoms with Gasteiger partial charge in [-0.1, -0.05) is 0 Å². The van der Waals surface area contributed by atoms with Crippen LogP contribution in [-0.4, -0.2) is 42.0 Å². The van der Waals surface area contributed by atoms with Crippen molar-refractivity contribution in [3.05, 3.63) is 55.4 Å². The second-order valence-corrected chi connectivity index (χ2v) is 7.69. The number of phenolic OH excluding ortho intramolecular Hbond substituents is 1. The summed E-state index contributed by atoms with van der Waals surface area (Å²) in [5, 5.41) is 23.5. The molecule has 32 heavy (non-hydrogen) atoms. The van der Waals surface area contributed by atoms with Crippen molar-refractivity contribution in [3.8, 4) is 11.8 Å². The number of carbonyl (C=O) groups is 1. The van der Waals surface area contributed by atoms with Gasteiger partial charge >= 0.3 is 0 Å². The maximum absolute atomic E-state index is 12.7. The van der Waals surface area contributed by atoms with Crippen LogP contribution in [0, 0.1) is 18.3 Å². The van der Waals surface area contributed by atoms with Crippen LogP contribution >= 0.6 is 15.9 Å². The Morgan fingerprint density at radius 2 is 2.09 bits per heavy atom. The molecule has 1 aromatic heterocycles. The molecule has 0 bridgehead atoms. The molecule has 0 spiro atoms. The van der Waals surface area contributed by atoms with E-state index in [-0.39, 0.29) is 24.5 Å². The van der Waals surface area contributed by atoms with Gasteiger partial charge in [-0.05, 0) is 48.8 Å². The Balaban J connectivity index is 2.17. The lowest BCUT2D eigenvalue weighted by molar-refractivity contribution is -0.121. The van der Waals surface area contributed by atoms with Crippen molar-refractivity contribution in [2.45, 2.75) is 33.9 Å². The van der Waals surface area contributed by atoms with Crippen molar-refractivity contribution in [2.75, 3.05) is 25.1 Å². The molecule has 0 saturated heterocycles. The van der Waals surface area contributed by atoms with Gasteiger partial charge in [-0.2, -0.15) is 10.4 Å². The summed E-state index contributed by atoms with van der Waals surface area (Å²) in [4.78, 5) is 27.1. The number of nitrogens with zero attached hydrogens (tertiary/aromatic N) is 4. The van der Waals surface area contributed by atoms with E-state index in [4.69, 9.17) is 4.74 Å². The van der Waals surface area contributed by atoms with E-state index in [1.165, 1.54) is 17.9 Å². The predicted molar refractivity (Wildman–Crippen MR) is 126 cm³/mol. The molecule has 0 saturated carbocycles. The average Bonchev–Trinajstić information content (AvgIpc) is 2.77. The van der Waals surface area contributed by atoms with Gasteiger partial charge in [0.2, 0.25) is 0 Å². The maximum atomic E-state index is 12.7. The highest BCUT2D eigenvalue weighted by Gasteiger charge is 2.19. The van der Waals surface area contributed by atoms with Gasteiger partial charge in [0.05, 0.1) is 12.8 Å². The zero-order valence-electron chi connectivity index (χ0n) is 18.5. The predicted octanol–water partition coefficient (Wildman–Crippen LogP) is 2.64. The molecule has 0 atom stereocenters. The van der Waals surface area contributed by atoms with Crippen LogP contribution in [0.3, 0.4) is 0 Å². The number of rotatable bonds is 9. The molecule has 1 amide bonds. The molecule has 2 rings (SSSR count). The Labute approximate surface area is 195 Å². The number of hydrogen-bond donors (Lipinski definition) is 2. The van der Waals surface area contributed by atoms with Crippen molar-refractivity contribution in [1.82, 2.24) is 9.99 Å². The van der Waals surface area contributed by atoms with E-state index in [2.05, 4.69) is 31.4 Å². The number of pyridine rings is 1. The Bertz CT molecular complexity index is 1120. The molecule has 0 unspecified atom stereocenters. The average molecular weight is 504 g/mol. The smallest absolute Gasteiger partial charge is 0.269 e. The summed E-state index contributed by atoms with van der Waals surface area (Å²) >= 11 is 3.38. The van der Waals surface area contributed by atoms with E-state index < -0.39 is 11.5 Å². The molecule has 0 aliphatic rings. The van der Waals surface area contributed by atoms with E-state index in [1.807, 2.05) is 26.0 Å². The highest BCUT2D eigenvalue weighted by molar-refractivity contribution is 9.10. The van der Waals surface area contributed by atoms with Crippen LogP contribution in [0.2, 0.25) is 0 Å². The lowest BCUT2D eigenvalue weighted by Crippen LogP contribution is -2.33. The van der Waals surface area contributed by atoms with Crippen molar-refractivity contribution < 1.29 is 14.6 Å². The minimum atomic E-state index is -0.580. The number of benzene rings is 1. The van der Waals surface area contributed by atoms with Gasteiger partial charge in [0.1, 0.15) is 23.9 Å². The minimum absolute atomic E-state index is 0.0378. The lowest BCUT2D eigenvalue weighted by atomic mass is 10.1. The molecular weight excluding hydrogens is 478 g/mol. The van der Waals surface area contributed by atoms with Gasteiger partial charge in [-0.3, -0.25) is 9.59 Å². The zero-order chi connectivity index (χ0) is 23.8. The highest BCUT2D eigenvalue weighted by atomic mass is 79.9. The van der Waals surface area contributed by atoms with Crippen LogP contribution in [0.5, 0.6) is 5.75 Å².